The lowest BCUT2D eigenvalue weighted by atomic mass is 10.1. The molecule has 2 unspecified atom stereocenters. The molecule has 2 atom stereocenters. The summed E-state index contributed by atoms with van der Waals surface area (Å²) in [7, 11) is 4.14. The summed E-state index contributed by atoms with van der Waals surface area (Å²) >= 11 is 0. The number of benzene rings is 1. The largest absolute Gasteiger partial charge is 0.398 e. The van der Waals surface area contributed by atoms with Crippen LogP contribution in [0, 0.1) is 0 Å². The maximum Gasteiger partial charge on any atom is 0.0682 e. The molecule has 0 spiro atoms. The van der Waals surface area contributed by atoms with Crippen molar-refractivity contribution in [2.45, 2.75) is 25.1 Å². The van der Waals surface area contributed by atoms with Crippen molar-refractivity contribution in [1.82, 2.24) is 9.80 Å². The van der Waals surface area contributed by atoms with E-state index < -0.39 is 0 Å². The molecule has 1 aromatic carbocycles. The number of rotatable bonds is 4. The summed E-state index contributed by atoms with van der Waals surface area (Å²) in [5, 5.41) is 9.84. The summed E-state index contributed by atoms with van der Waals surface area (Å²) in [4.78, 5) is 4.50. The first-order valence-electron chi connectivity index (χ1n) is 6.46. The molecule has 1 aliphatic rings. The Labute approximate surface area is 109 Å². The summed E-state index contributed by atoms with van der Waals surface area (Å²) in [5.41, 5.74) is 7.96. The molecule has 0 aromatic heterocycles. The van der Waals surface area contributed by atoms with Gasteiger partial charge in [-0.1, -0.05) is 18.2 Å². The Hall–Kier alpha value is -1.10. The van der Waals surface area contributed by atoms with E-state index in [4.69, 9.17) is 5.73 Å². The fraction of sp³-hybridized carbons (Fsp3) is 0.571. The number of para-hydroxylation sites is 1. The number of likely N-dealkylation sites (N-methyl/N-ethyl adjacent to an activating group) is 1. The van der Waals surface area contributed by atoms with E-state index in [1.54, 1.807) is 0 Å². The minimum absolute atomic E-state index is 0.208. The molecule has 0 bridgehead atoms. The molecule has 1 aromatic rings. The predicted octanol–water partition coefficient (Wildman–Crippen LogP) is 0.766. The van der Waals surface area contributed by atoms with E-state index >= 15 is 0 Å². The van der Waals surface area contributed by atoms with Crippen LogP contribution in [0.15, 0.2) is 24.3 Å². The van der Waals surface area contributed by atoms with Crippen molar-refractivity contribution in [3.8, 4) is 0 Å². The van der Waals surface area contributed by atoms with Gasteiger partial charge in [-0.05, 0) is 32.1 Å². The Morgan fingerprint density at radius 1 is 1.39 bits per heavy atom. The minimum atomic E-state index is -0.208. The number of aliphatic hydroxyl groups is 1. The maximum absolute atomic E-state index is 9.84. The lowest BCUT2D eigenvalue weighted by molar-refractivity contribution is 0.169. The van der Waals surface area contributed by atoms with Crippen molar-refractivity contribution >= 4 is 5.69 Å². The third kappa shape index (κ3) is 3.22. The monoisotopic (exact) mass is 249 g/mol. The van der Waals surface area contributed by atoms with Gasteiger partial charge in [-0.3, -0.25) is 4.90 Å². The molecular formula is C14H23N3O. The van der Waals surface area contributed by atoms with Crippen LogP contribution in [0.25, 0.3) is 0 Å². The van der Waals surface area contributed by atoms with Gasteiger partial charge in [0.15, 0.2) is 0 Å². The molecule has 0 radical (unpaired) electrons. The van der Waals surface area contributed by atoms with Crippen LogP contribution in [-0.2, 0) is 6.54 Å². The molecule has 4 nitrogen and oxygen atoms in total. The van der Waals surface area contributed by atoms with Crippen LogP contribution in [0.1, 0.15) is 12.0 Å². The van der Waals surface area contributed by atoms with Crippen LogP contribution in [0.4, 0.5) is 5.69 Å². The first-order valence-corrected chi connectivity index (χ1v) is 6.46. The highest BCUT2D eigenvalue weighted by atomic mass is 16.3. The van der Waals surface area contributed by atoms with Crippen LogP contribution in [0.5, 0.6) is 0 Å². The highest BCUT2D eigenvalue weighted by molar-refractivity contribution is 5.46. The Kier molecular flexibility index (Phi) is 4.22. The number of likely N-dealkylation sites (tertiary alicyclic amines) is 1. The van der Waals surface area contributed by atoms with Gasteiger partial charge in [0.2, 0.25) is 0 Å². The topological polar surface area (TPSA) is 52.7 Å². The van der Waals surface area contributed by atoms with E-state index in [9.17, 15) is 5.11 Å². The van der Waals surface area contributed by atoms with Gasteiger partial charge in [-0.15, -0.1) is 0 Å². The van der Waals surface area contributed by atoms with Crippen LogP contribution in [0.2, 0.25) is 0 Å². The van der Waals surface area contributed by atoms with Crippen molar-refractivity contribution in [2.75, 3.05) is 32.9 Å². The molecule has 0 amide bonds. The first kappa shape index (κ1) is 13.3. The number of hydrogen-bond acceptors (Lipinski definition) is 4. The summed E-state index contributed by atoms with van der Waals surface area (Å²) < 4.78 is 0. The van der Waals surface area contributed by atoms with Gasteiger partial charge < -0.3 is 15.7 Å². The van der Waals surface area contributed by atoms with E-state index in [1.165, 1.54) is 0 Å². The van der Waals surface area contributed by atoms with E-state index in [1.807, 2.05) is 18.2 Å². The Bertz CT molecular complexity index is 394. The average molecular weight is 249 g/mol. The number of β-amino-alcohol motifs (C(OH)–C–C–N with tert-alkyl or cyclic N) is 1. The number of nitrogens with zero attached hydrogens (tertiary/aromatic N) is 2. The van der Waals surface area contributed by atoms with Crippen molar-refractivity contribution in [3.05, 3.63) is 29.8 Å². The second-order valence-electron chi connectivity index (χ2n) is 5.43. The molecule has 1 aliphatic heterocycles. The lowest BCUT2D eigenvalue weighted by Crippen LogP contribution is -2.37. The molecule has 1 fully saturated rings. The number of aliphatic hydroxyl groups excluding tert-OH is 1. The first-order chi connectivity index (χ1) is 8.56. The third-order valence-electron chi connectivity index (χ3n) is 3.51. The lowest BCUT2D eigenvalue weighted by Gasteiger charge is -2.27. The number of anilines is 1. The van der Waals surface area contributed by atoms with E-state index in [2.05, 4.69) is 30.0 Å². The summed E-state index contributed by atoms with van der Waals surface area (Å²) in [6.45, 7) is 2.54. The van der Waals surface area contributed by atoms with Gasteiger partial charge in [0.1, 0.15) is 0 Å². The summed E-state index contributed by atoms with van der Waals surface area (Å²) in [6.07, 6.45) is 0.644. The highest BCUT2D eigenvalue weighted by Crippen LogP contribution is 2.23. The van der Waals surface area contributed by atoms with Crippen molar-refractivity contribution in [2.24, 2.45) is 0 Å². The van der Waals surface area contributed by atoms with Gasteiger partial charge >= 0.3 is 0 Å². The standard InChI is InChI=1S/C14H23N3O/c1-16(2)9-12-7-13(18)10-17(12)8-11-5-3-4-6-14(11)15/h3-6,12-13,18H,7-10,15H2,1-2H3. The highest BCUT2D eigenvalue weighted by Gasteiger charge is 2.31. The smallest absolute Gasteiger partial charge is 0.0682 e. The summed E-state index contributed by atoms with van der Waals surface area (Å²) in [5.74, 6) is 0. The van der Waals surface area contributed by atoms with Crippen molar-refractivity contribution in [3.63, 3.8) is 0 Å². The molecule has 1 saturated heterocycles. The zero-order valence-electron chi connectivity index (χ0n) is 11.2. The van der Waals surface area contributed by atoms with Crippen LogP contribution < -0.4 is 5.73 Å². The van der Waals surface area contributed by atoms with Gasteiger partial charge in [0, 0.05) is 31.4 Å². The Morgan fingerprint density at radius 3 is 2.78 bits per heavy atom. The van der Waals surface area contributed by atoms with E-state index in [0.717, 1.165) is 37.3 Å². The molecule has 0 saturated carbocycles. The molecule has 1 heterocycles. The zero-order valence-corrected chi connectivity index (χ0v) is 11.2. The fourth-order valence-electron chi connectivity index (χ4n) is 2.66. The molecule has 18 heavy (non-hydrogen) atoms. The van der Waals surface area contributed by atoms with Crippen LogP contribution in [0.3, 0.4) is 0 Å². The SMILES string of the molecule is CN(C)CC1CC(O)CN1Cc1ccccc1N. The molecule has 0 aliphatic carbocycles. The number of hydrogen-bond donors (Lipinski definition) is 2. The molecular weight excluding hydrogens is 226 g/mol. The van der Waals surface area contributed by atoms with Crippen molar-refractivity contribution < 1.29 is 5.11 Å². The third-order valence-corrected chi connectivity index (χ3v) is 3.51. The molecule has 4 heteroatoms. The van der Waals surface area contributed by atoms with Gasteiger partial charge in [0.25, 0.3) is 0 Å². The van der Waals surface area contributed by atoms with Gasteiger partial charge in [-0.2, -0.15) is 0 Å². The quantitative estimate of drug-likeness (QED) is 0.774. The number of nitrogens with two attached hydrogens (primary N) is 1. The Morgan fingerprint density at radius 2 is 2.11 bits per heavy atom. The molecule has 3 N–H and O–H groups in total. The maximum atomic E-state index is 9.84. The second kappa shape index (κ2) is 5.69. The zero-order chi connectivity index (χ0) is 13.1. The predicted molar refractivity (Wildman–Crippen MR) is 74.2 cm³/mol. The van der Waals surface area contributed by atoms with Crippen LogP contribution in [-0.4, -0.2) is 54.2 Å². The fourth-order valence-corrected chi connectivity index (χ4v) is 2.66. The second-order valence-corrected chi connectivity index (χ2v) is 5.43. The van der Waals surface area contributed by atoms with Crippen LogP contribution >= 0.6 is 0 Å². The van der Waals surface area contributed by atoms with E-state index in [-0.39, 0.29) is 6.10 Å². The molecule has 100 valence electrons. The number of nitrogen functional groups attached to an aromatic ring is 1. The molecule has 2 rings (SSSR count). The average Bonchev–Trinajstić information content (AvgIpc) is 2.61. The Balaban J connectivity index is 2.05. The summed E-state index contributed by atoms with van der Waals surface area (Å²) in [6, 6.07) is 8.37. The van der Waals surface area contributed by atoms with E-state index in [0.29, 0.717) is 6.04 Å². The van der Waals surface area contributed by atoms with Gasteiger partial charge in [0.05, 0.1) is 6.10 Å². The minimum Gasteiger partial charge on any atom is -0.398 e. The van der Waals surface area contributed by atoms with Gasteiger partial charge in [-0.25, -0.2) is 0 Å². The normalized spacial score (nSPS) is 24.9. The van der Waals surface area contributed by atoms with Crippen molar-refractivity contribution in [1.29, 1.82) is 0 Å².